The number of H-pyrrole nitrogens is 1. The second-order valence-electron chi connectivity index (χ2n) is 5.54. The topological polar surface area (TPSA) is 118 Å². The summed E-state index contributed by atoms with van der Waals surface area (Å²) in [5, 5.41) is 17.6. The van der Waals surface area contributed by atoms with Crippen molar-refractivity contribution < 1.29 is 9.72 Å². The molecule has 3 N–H and O–H groups in total. The maximum absolute atomic E-state index is 12.2. The number of non-ortho nitro benzene ring substituents is 1. The first-order chi connectivity index (χ1) is 12.5. The zero-order chi connectivity index (χ0) is 18.7. The Kier molecular flexibility index (Phi) is 4.52. The maximum Gasteiger partial charge on any atom is 0.287 e. The van der Waals surface area contributed by atoms with Crippen molar-refractivity contribution in [1.82, 2.24) is 25.6 Å². The zero-order valence-corrected chi connectivity index (χ0v) is 13.9. The van der Waals surface area contributed by atoms with Crippen LogP contribution in [0.3, 0.4) is 0 Å². The SMILES string of the molecule is C=C(NNC(=O)c1cc(-c2cccn2C)n[nH]1)c1cccc([N+](=O)[O-])c1. The predicted molar refractivity (Wildman–Crippen MR) is 95.7 cm³/mol. The van der Waals surface area contributed by atoms with Crippen molar-refractivity contribution in [3.8, 4) is 11.4 Å². The molecule has 0 unspecified atom stereocenters. The Morgan fingerprint density at radius 3 is 2.77 bits per heavy atom. The summed E-state index contributed by atoms with van der Waals surface area (Å²) in [5.41, 5.74) is 7.66. The van der Waals surface area contributed by atoms with E-state index >= 15 is 0 Å². The average molecular weight is 352 g/mol. The summed E-state index contributed by atoms with van der Waals surface area (Å²) in [6.45, 7) is 3.77. The van der Waals surface area contributed by atoms with Gasteiger partial charge >= 0.3 is 0 Å². The Balaban J connectivity index is 1.65. The van der Waals surface area contributed by atoms with Gasteiger partial charge in [-0.1, -0.05) is 18.7 Å². The molecule has 2 aromatic heterocycles. The highest BCUT2D eigenvalue weighted by Gasteiger charge is 2.13. The molecular weight excluding hydrogens is 336 g/mol. The van der Waals surface area contributed by atoms with E-state index in [1.54, 1.807) is 18.2 Å². The molecule has 1 amide bonds. The molecule has 0 aliphatic heterocycles. The Hall–Kier alpha value is -3.88. The third kappa shape index (κ3) is 3.46. The fourth-order valence-electron chi connectivity index (χ4n) is 2.38. The molecule has 0 bridgehead atoms. The van der Waals surface area contributed by atoms with E-state index in [0.717, 1.165) is 5.69 Å². The van der Waals surface area contributed by atoms with Crippen molar-refractivity contribution in [3.63, 3.8) is 0 Å². The summed E-state index contributed by atoms with van der Waals surface area (Å²) in [4.78, 5) is 22.6. The minimum Gasteiger partial charge on any atom is -0.349 e. The summed E-state index contributed by atoms with van der Waals surface area (Å²) in [6.07, 6.45) is 1.88. The minimum absolute atomic E-state index is 0.0578. The number of hydrogen-bond donors (Lipinski definition) is 3. The number of aromatic nitrogens is 3. The van der Waals surface area contributed by atoms with Crippen LogP contribution in [0.15, 0.2) is 55.2 Å². The Morgan fingerprint density at radius 2 is 2.08 bits per heavy atom. The number of nitrogens with one attached hydrogen (secondary N) is 3. The van der Waals surface area contributed by atoms with Gasteiger partial charge in [0.2, 0.25) is 0 Å². The molecule has 2 heterocycles. The highest BCUT2D eigenvalue weighted by molar-refractivity contribution is 5.93. The van der Waals surface area contributed by atoms with E-state index in [1.165, 1.54) is 12.1 Å². The molecule has 26 heavy (non-hydrogen) atoms. The van der Waals surface area contributed by atoms with Crippen molar-refractivity contribution in [2.45, 2.75) is 0 Å². The molecule has 1 aromatic carbocycles. The van der Waals surface area contributed by atoms with Gasteiger partial charge in [-0.05, 0) is 18.2 Å². The summed E-state index contributed by atoms with van der Waals surface area (Å²) in [7, 11) is 1.88. The van der Waals surface area contributed by atoms with Crippen molar-refractivity contribution in [2.75, 3.05) is 0 Å². The van der Waals surface area contributed by atoms with Gasteiger partial charge in [0.1, 0.15) is 11.4 Å². The summed E-state index contributed by atoms with van der Waals surface area (Å²) >= 11 is 0. The van der Waals surface area contributed by atoms with Gasteiger partial charge in [-0.25, -0.2) is 0 Å². The lowest BCUT2D eigenvalue weighted by Crippen LogP contribution is -2.36. The monoisotopic (exact) mass is 352 g/mol. The second-order valence-corrected chi connectivity index (χ2v) is 5.54. The molecule has 132 valence electrons. The number of nitro groups is 1. The van der Waals surface area contributed by atoms with Crippen molar-refractivity contribution in [2.24, 2.45) is 7.05 Å². The number of benzene rings is 1. The van der Waals surface area contributed by atoms with Crippen molar-refractivity contribution >= 4 is 17.3 Å². The molecule has 3 rings (SSSR count). The van der Waals surface area contributed by atoms with Crippen molar-refractivity contribution in [3.05, 3.63) is 76.6 Å². The number of carbonyl (C=O) groups is 1. The molecule has 0 fully saturated rings. The number of rotatable bonds is 6. The van der Waals surface area contributed by atoms with Crippen LogP contribution in [-0.2, 0) is 7.05 Å². The van der Waals surface area contributed by atoms with E-state index in [2.05, 4.69) is 27.6 Å². The van der Waals surface area contributed by atoms with Gasteiger partial charge in [-0.15, -0.1) is 0 Å². The second kappa shape index (κ2) is 6.93. The van der Waals surface area contributed by atoms with E-state index in [1.807, 2.05) is 29.9 Å². The minimum atomic E-state index is -0.495. The molecule has 0 aliphatic rings. The van der Waals surface area contributed by atoms with Crippen molar-refractivity contribution in [1.29, 1.82) is 0 Å². The van der Waals surface area contributed by atoms with Crippen LogP contribution in [0.2, 0.25) is 0 Å². The van der Waals surface area contributed by atoms with Gasteiger partial charge < -0.3 is 4.57 Å². The van der Waals surface area contributed by atoms with Gasteiger partial charge in [0.15, 0.2) is 0 Å². The van der Waals surface area contributed by atoms with E-state index in [4.69, 9.17) is 0 Å². The van der Waals surface area contributed by atoms with E-state index in [0.29, 0.717) is 17.0 Å². The van der Waals surface area contributed by atoms with Crippen LogP contribution >= 0.6 is 0 Å². The molecule has 0 aliphatic carbocycles. The molecular formula is C17H16N6O3. The standard InChI is InChI=1S/C17H16N6O3/c1-11(12-5-3-6-13(9-12)23(25)26)18-21-17(24)15-10-14(19-20-15)16-7-4-8-22(16)2/h3-10,18H,1H2,2H3,(H,19,20)(H,21,24). The van der Waals surface area contributed by atoms with Gasteiger partial charge in [0, 0.05) is 30.9 Å². The average Bonchev–Trinajstić information content (AvgIpc) is 3.28. The maximum atomic E-state index is 12.2. The normalized spacial score (nSPS) is 10.3. The molecule has 0 saturated carbocycles. The quantitative estimate of drug-likeness (QED) is 0.464. The Bertz CT molecular complexity index is 988. The number of nitrogens with zero attached hydrogens (tertiary/aromatic N) is 3. The fourth-order valence-corrected chi connectivity index (χ4v) is 2.38. The lowest BCUT2D eigenvalue weighted by molar-refractivity contribution is -0.384. The number of amides is 1. The predicted octanol–water partition coefficient (Wildman–Crippen LogP) is 2.23. The number of hydrogen-bond acceptors (Lipinski definition) is 5. The van der Waals surface area contributed by atoms with E-state index < -0.39 is 10.8 Å². The summed E-state index contributed by atoms with van der Waals surface area (Å²) in [6, 6.07) is 11.3. The number of carbonyl (C=O) groups excluding carboxylic acids is 1. The third-order valence-corrected chi connectivity index (χ3v) is 3.76. The molecule has 9 heteroatoms. The van der Waals surface area contributed by atoms with Crippen LogP contribution in [0.4, 0.5) is 5.69 Å². The number of hydrazine groups is 1. The molecule has 3 aromatic rings. The highest BCUT2D eigenvalue weighted by atomic mass is 16.6. The largest absolute Gasteiger partial charge is 0.349 e. The van der Waals surface area contributed by atoms with E-state index in [9.17, 15) is 14.9 Å². The number of aromatic amines is 1. The van der Waals surface area contributed by atoms with Gasteiger partial charge in [0.05, 0.1) is 16.3 Å². The lowest BCUT2D eigenvalue weighted by atomic mass is 10.1. The van der Waals surface area contributed by atoms with Crippen LogP contribution in [0.1, 0.15) is 16.1 Å². The van der Waals surface area contributed by atoms with Gasteiger partial charge in [0.25, 0.3) is 11.6 Å². The first-order valence-electron chi connectivity index (χ1n) is 7.63. The zero-order valence-electron chi connectivity index (χ0n) is 13.9. The molecule has 0 radical (unpaired) electrons. The van der Waals surface area contributed by atoms with E-state index in [-0.39, 0.29) is 11.4 Å². The Labute approximate surface area is 148 Å². The molecule has 0 atom stereocenters. The molecule has 0 spiro atoms. The first kappa shape index (κ1) is 17.0. The van der Waals surface area contributed by atoms with Crippen LogP contribution < -0.4 is 10.9 Å². The summed E-state index contributed by atoms with van der Waals surface area (Å²) in [5.74, 6) is -0.440. The molecule has 9 nitrogen and oxygen atoms in total. The lowest BCUT2D eigenvalue weighted by Gasteiger charge is -2.10. The fraction of sp³-hybridized carbons (Fsp3) is 0.0588. The van der Waals surface area contributed by atoms with Crippen LogP contribution in [0, 0.1) is 10.1 Å². The number of nitro benzene ring substituents is 1. The van der Waals surface area contributed by atoms with Crippen LogP contribution in [0.25, 0.3) is 17.1 Å². The number of aryl methyl sites for hydroxylation is 1. The first-order valence-corrected chi connectivity index (χ1v) is 7.63. The Morgan fingerprint density at radius 1 is 1.27 bits per heavy atom. The van der Waals surface area contributed by atoms with Crippen LogP contribution in [-0.4, -0.2) is 25.6 Å². The summed E-state index contributed by atoms with van der Waals surface area (Å²) < 4.78 is 1.89. The molecule has 0 saturated heterocycles. The highest BCUT2D eigenvalue weighted by Crippen LogP contribution is 2.18. The van der Waals surface area contributed by atoms with Gasteiger partial charge in [-0.3, -0.25) is 30.9 Å². The van der Waals surface area contributed by atoms with Gasteiger partial charge in [-0.2, -0.15) is 5.10 Å². The smallest absolute Gasteiger partial charge is 0.287 e. The third-order valence-electron chi connectivity index (χ3n) is 3.76. The van der Waals surface area contributed by atoms with Crippen LogP contribution in [0.5, 0.6) is 0 Å².